The molecule has 1 N–H and O–H groups in total. The normalized spacial score (nSPS) is 17.4. The lowest BCUT2D eigenvalue weighted by Crippen LogP contribution is -2.35. The van der Waals surface area contributed by atoms with Crippen molar-refractivity contribution in [1.29, 1.82) is 0 Å². The average molecular weight is 259 g/mol. The van der Waals surface area contributed by atoms with Crippen LogP contribution in [-0.2, 0) is 11.3 Å². The zero-order chi connectivity index (χ0) is 13.2. The second-order valence-corrected chi connectivity index (χ2v) is 5.46. The summed E-state index contributed by atoms with van der Waals surface area (Å²) in [7, 11) is 0. The smallest absolute Gasteiger partial charge is 0.137 e. The number of aromatic nitrogens is 2. The molecule has 2 aromatic rings. The minimum Gasteiger partial charge on any atom is -0.379 e. The fourth-order valence-corrected chi connectivity index (χ4v) is 2.74. The molecule has 102 valence electrons. The lowest BCUT2D eigenvalue weighted by Gasteiger charge is -2.27. The van der Waals surface area contributed by atoms with Crippen LogP contribution in [0.1, 0.15) is 31.0 Å². The molecule has 1 aliphatic rings. The Balaban J connectivity index is 1.97. The van der Waals surface area contributed by atoms with Gasteiger partial charge in [0, 0.05) is 36.9 Å². The zero-order valence-electron chi connectivity index (χ0n) is 11.6. The predicted molar refractivity (Wildman–Crippen MR) is 76.3 cm³/mol. The molecule has 2 aromatic heterocycles. The van der Waals surface area contributed by atoms with Gasteiger partial charge >= 0.3 is 0 Å². The van der Waals surface area contributed by atoms with Gasteiger partial charge in [-0.2, -0.15) is 0 Å². The third kappa shape index (κ3) is 2.51. The largest absolute Gasteiger partial charge is 0.379 e. The molecule has 0 bridgehead atoms. The Hall–Kier alpha value is -1.39. The lowest BCUT2D eigenvalue weighted by atomic mass is 10.0. The number of nitrogens with zero attached hydrogens (tertiary/aromatic N) is 2. The second kappa shape index (κ2) is 5.31. The Morgan fingerprint density at radius 2 is 2.16 bits per heavy atom. The third-order valence-corrected chi connectivity index (χ3v) is 3.77. The quantitative estimate of drug-likeness (QED) is 0.921. The van der Waals surface area contributed by atoms with E-state index in [-0.39, 0.29) is 0 Å². The van der Waals surface area contributed by atoms with Crippen LogP contribution < -0.4 is 0 Å². The Bertz CT molecular complexity index is 556. The molecule has 4 nitrogen and oxygen atoms in total. The highest BCUT2D eigenvalue weighted by Crippen LogP contribution is 2.27. The predicted octanol–water partition coefficient (Wildman–Crippen LogP) is 2.52. The molecule has 0 amide bonds. The minimum atomic E-state index is 0.491. The van der Waals surface area contributed by atoms with Crippen LogP contribution in [0, 0.1) is 0 Å². The molecular formula is C15H21N3O. The molecule has 4 heteroatoms. The standard InChI is InChI=1S/C15H21N3O/c1-11(2)14-13(10-18-6-8-19-9-7-18)12-4-3-5-16-15(12)17-14/h3-5,11H,6-10H2,1-2H3,(H,16,17). The summed E-state index contributed by atoms with van der Waals surface area (Å²) in [6, 6.07) is 4.18. The average Bonchev–Trinajstić information content (AvgIpc) is 2.79. The number of rotatable bonds is 3. The fraction of sp³-hybridized carbons (Fsp3) is 0.533. The van der Waals surface area contributed by atoms with Gasteiger partial charge < -0.3 is 9.72 Å². The van der Waals surface area contributed by atoms with E-state index in [9.17, 15) is 0 Å². The van der Waals surface area contributed by atoms with E-state index in [1.54, 1.807) is 0 Å². The fourth-order valence-electron chi connectivity index (χ4n) is 2.74. The molecule has 0 radical (unpaired) electrons. The number of nitrogens with one attached hydrogen (secondary N) is 1. The van der Waals surface area contributed by atoms with Crippen LogP contribution >= 0.6 is 0 Å². The number of morpholine rings is 1. The van der Waals surface area contributed by atoms with E-state index >= 15 is 0 Å². The summed E-state index contributed by atoms with van der Waals surface area (Å²) in [6.45, 7) is 9.17. The summed E-state index contributed by atoms with van der Waals surface area (Å²) < 4.78 is 5.42. The van der Waals surface area contributed by atoms with Crippen LogP contribution in [0.2, 0.25) is 0 Å². The van der Waals surface area contributed by atoms with Gasteiger partial charge in [0.05, 0.1) is 13.2 Å². The van der Waals surface area contributed by atoms with Crippen LogP contribution in [0.4, 0.5) is 0 Å². The maximum Gasteiger partial charge on any atom is 0.137 e. The SMILES string of the molecule is CC(C)c1[nH]c2ncccc2c1CN1CCOCC1. The molecule has 0 saturated carbocycles. The molecular weight excluding hydrogens is 238 g/mol. The first-order valence-corrected chi connectivity index (χ1v) is 7.01. The molecule has 0 aliphatic carbocycles. The molecule has 1 saturated heterocycles. The van der Waals surface area contributed by atoms with E-state index in [4.69, 9.17) is 4.74 Å². The Kier molecular flexibility index (Phi) is 3.53. The van der Waals surface area contributed by atoms with Gasteiger partial charge in [0.25, 0.3) is 0 Å². The molecule has 0 aromatic carbocycles. The van der Waals surface area contributed by atoms with Crippen molar-refractivity contribution < 1.29 is 4.74 Å². The number of fused-ring (bicyclic) bond motifs is 1. The first-order valence-electron chi connectivity index (χ1n) is 7.01. The van der Waals surface area contributed by atoms with Crippen LogP contribution in [-0.4, -0.2) is 41.2 Å². The van der Waals surface area contributed by atoms with Gasteiger partial charge in [-0.3, -0.25) is 4.90 Å². The molecule has 1 fully saturated rings. The number of aromatic amines is 1. The summed E-state index contributed by atoms with van der Waals surface area (Å²) in [5.41, 5.74) is 3.73. The summed E-state index contributed by atoms with van der Waals surface area (Å²) in [6.07, 6.45) is 1.85. The molecule has 0 atom stereocenters. The lowest BCUT2D eigenvalue weighted by molar-refractivity contribution is 0.0342. The van der Waals surface area contributed by atoms with Crippen LogP contribution in [0.15, 0.2) is 18.3 Å². The van der Waals surface area contributed by atoms with Crippen molar-refractivity contribution in [3.63, 3.8) is 0 Å². The maximum absolute atomic E-state index is 5.42. The van der Waals surface area contributed by atoms with E-state index in [0.29, 0.717) is 5.92 Å². The van der Waals surface area contributed by atoms with E-state index in [2.05, 4.69) is 34.8 Å². The first-order chi connectivity index (χ1) is 9.25. The van der Waals surface area contributed by atoms with E-state index < -0.39 is 0 Å². The summed E-state index contributed by atoms with van der Waals surface area (Å²) in [5.74, 6) is 0.491. The van der Waals surface area contributed by atoms with Gasteiger partial charge in [0.15, 0.2) is 0 Å². The van der Waals surface area contributed by atoms with Crippen LogP contribution in [0.25, 0.3) is 11.0 Å². The molecule has 0 spiro atoms. The molecule has 3 heterocycles. The summed E-state index contributed by atoms with van der Waals surface area (Å²) in [4.78, 5) is 10.4. The molecule has 3 rings (SSSR count). The van der Waals surface area contributed by atoms with Crippen LogP contribution in [0.5, 0.6) is 0 Å². The van der Waals surface area contributed by atoms with Gasteiger partial charge in [-0.25, -0.2) is 4.98 Å². The second-order valence-electron chi connectivity index (χ2n) is 5.46. The van der Waals surface area contributed by atoms with Crippen molar-refractivity contribution in [2.24, 2.45) is 0 Å². The number of ether oxygens (including phenoxy) is 1. The van der Waals surface area contributed by atoms with Gasteiger partial charge in [-0.05, 0) is 23.6 Å². The summed E-state index contributed by atoms with van der Waals surface area (Å²) >= 11 is 0. The molecule has 19 heavy (non-hydrogen) atoms. The third-order valence-electron chi connectivity index (χ3n) is 3.77. The number of H-pyrrole nitrogens is 1. The van der Waals surface area contributed by atoms with Crippen LogP contribution in [0.3, 0.4) is 0 Å². The highest BCUT2D eigenvalue weighted by atomic mass is 16.5. The number of hydrogen-bond donors (Lipinski definition) is 1. The summed E-state index contributed by atoms with van der Waals surface area (Å²) in [5, 5.41) is 1.26. The van der Waals surface area contributed by atoms with Crippen molar-refractivity contribution in [3.8, 4) is 0 Å². The van der Waals surface area contributed by atoms with E-state index in [0.717, 1.165) is 38.5 Å². The van der Waals surface area contributed by atoms with Crippen molar-refractivity contribution in [2.45, 2.75) is 26.3 Å². The van der Waals surface area contributed by atoms with Gasteiger partial charge in [-0.1, -0.05) is 13.8 Å². The van der Waals surface area contributed by atoms with E-state index in [1.165, 1.54) is 16.6 Å². The van der Waals surface area contributed by atoms with Gasteiger partial charge in [0.1, 0.15) is 5.65 Å². The van der Waals surface area contributed by atoms with Crippen molar-refractivity contribution >= 4 is 11.0 Å². The number of hydrogen-bond acceptors (Lipinski definition) is 3. The Morgan fingerprint density at radius 1 is 1.37 bits per heavy atom. The maximum atomic E-state index is 5.42. The first kappa shape index (κ1) is 12.6. The minimum absolute atomic E-state index is 0.491. The monoisotopic (exact) mass is 259 g/mol. The highest BCUT2D eigenvalue weighted by Gasteiger charge is 2.18. The van der Waals surface area contributed by atoms with Crippen molar-refractivity contribution in [1.82, 2.24) is 14.9 Å². The van der Waals surface area contributed by atoms with Crippen molar-refractivity contribution in [3.05, 3.63) is 29.6 Å². The zero-order valence-corrected chi connectivity index (χ0v) is 11.6. The van der Waals surface area contributed by atoms with Gasteiger partial charge in [0.2, 0.25) is 0 Å². The molecule has 0 unspecified atom stereocenters. The highest BCUT2D eigenvalue weighted by molar-refractivity contribution is 5.81. The van der Waals surface area contributed by atoms with E-state index in [1.807, 2.05) is 12.3 Å². The number of pyridine rings is 1. The Morgan fingerprint density at radius 3 is 2.89 bits per heavy atom. The van der Waals surface area contributed by atoms with Gasteiger partial charge in [-0.15, -0.1) is 0 Å². The Labute approximate surface area is 113 Å². The van der Waals surface area contributed by atoms with Crippen molar-refractivity contribution in [2.75, 3.05) is 26.3 Å². The molecule has 1 aliphatic heterocycles. The topological polar surface area (TPSA) is 41.2 Å².